The van der Waals surface area contributed by atoms with E-state index < -0.39 is 0 Å². The van der Waals surface area contributed by atoms with Gasteiger partial charge in [-0.15, -0.1) is 11.3 Å². The number of nitrogens with zero attached hydrogens (tertiary/aromatic N) is 3. The Bertz CT molecular complexity index is 709. The molecule has 7 nitrogen and oxygen atoms in total. The molecule has 132 valence electrons. The number of nitrogens with one attached hydrogen (secondary N) is 2. The van der Waals surface area contributed by atoms with Gasteiger partial charge in [-0.1, -0.05) is 6.07 Å². The minimum absolute atomic E-state index is 0.0725. The monoisotopic (exact) mass is 359 g/mol. The molecule has 2 aromatic rings. The topological polar surface area (TPSA) is 77.6 Å². The lowest BCUT2D eigenvalue weighted by Crippen LogP contribution is -2.44. The molecule has 8 heteroatoms. The second kappa shape index (κ2) is 8.09. The second-order valence-corrected chi connectivity index (χ2v) is 6.85. The molecule has 2 N–H and O–H groups in total. The number of carbonyl (C=O) groups excluding carboxylic acids is 2. The van der Waals surface area contributed by atoms with Crippen LogP contribution in [0.1, 0.15) is 9.67 Å². The highest BCUT2D eigenvalue weighted by Gasteiger charge is 2.15. The fourth-order valence-electron chi connectivity index (χ4n) is 2.54. The molecule has 2 amide bonds. The lowest BCUT2D eigenvalue weighted by Gasteiger charge is -2.33. The Morgan fingerprint density at radius 1 is 1.20 bits per heavy atom. The van der Waals surface area contributed by atoms with Gasteiger partial charge in [0.25, 0.3) is 5.91 Å². The Morgan fingerprint density at radius 3 is 2.64 bits per heavy atom. The minimum Gasteiger partial charge on any atom is -0.354 e. The van der Waals surface area contributed by atoms with Gasteiger partial charge < -0.3 is 20.4 Å². The lowest BCUT2D eigenvalue weighted by molar-refractivity contribution is -0.115. The van der Waals surface area contributed by atoms with E-state index in [4.69, 9.17) is 0 Å². The number of anilines is 2. The van der Waals surface area contributed by atoms with Crippen LogP contribution in [0.15, 0.2) is 35.8 Å². The maximum Gasteiger partial charge on any atom is 0.261 e. The summed E-state index contributed by atoms with van der Waals surface area (Å²) in [6, 6.07) is 7.26. The molecule has 1 saturated heterocycles. The maximum absolute atomic E-state index is 11.9. The van der Waals surface area contributed by atoms with Gasteiger partial charge in [-0.2, -0.15) is 0 Å². The van der Waals surface area contributed by atoms with Crippen LogP contribution in [0, 0.1) is 0 Å². The predicted molar refractivity (Wildman–Crippen MR) is 99.2 cm³/mol. The Kier molecular flexibility index (Phi) is 5.62. The van der Waals surface area contributed by atoms with E-state index in [0.717, 1.165) is 32.0 Å². The minimum atomic E-state index is -0.279. The molecule has 0 spiro atoms. The molecule has 0 aromatic carbocycles. The summed E-state index contributed by atoms with van der Waals surface area (Å²) in [4.78, 5) is 33.3. The number of hydrogen-bond acceptors (Lipinski definition) is 6. The summed E-state index contributed by atoms with van der Waals surface area (Å²) < 4.78 is 0. The summed E-state index contributed by atoms with van der Waals surface area (Å²) in [6.07, 6.45) is 1.65. The van der Waals surface area contributed by atoms with Gasteiger partial charge in [0.1, 0.15) is 5.82 Å². The smallest absolute Gasteiger partial charge is 0.261 e. The number of piperazine rings is 1. The predicted octanol–water partition coefficient (Wildman–Crippen LogP) is 1.26. The summed E-state index contributed by atoms with van der Waals surface area (Å²) in [5.41, 5.74) is 0.619. The van der Waals surface area contributed by atoms with Gasteiger partial charge in [-0.05, 0) is 30.6 Å². The summed E-state index contributed by atoms with van der Waals surface area (Å²) in [6.45, 7) is 3.86. The van der Waals surface area contributed by atoms with Gasteiger partial charge in [-0.3, -0.25) is 9.59 Å². The molecule has 2 aromatic heterocycles. The third-order valence-corrected chi connectivity index (χ3v) is 4.88. The van der Waals surface area contributed by atoms with Crippen LogP contribution in [-0.4, -0.2) is 61.5 Å². The molecule has 1 aliphatic heterocycles. The zero-order chi connectivity index (χ0) is 17.6. The van der Waals surface area contributed by atoms with Crippen molar-refractivity contribution in [3.8, 4) is 0 Å². The highest BCUT2D eigenvalue weighted by Crippen LogP contribution is 2.15. The number of amides is 2. The zero-order valence-electron chi connectivity index (χ0n) is 14.1. The van der Waals surface area contributed by atoms with Crippen LogP contribution in [0.3, 0.4) is 0 Å². The third-order valence-electron chi connectivity index (χ3n) is 4.01. The van der Waals surface area contributed by atoms with Gasteiger partial charge in [0.2, 0.25) is 5.91 Å². The summed E-state index contributed by atoms with van der Waals surface area (Å²) >= 11 is 1.34. The van der Waals surface area contributed by atoms with Crippen molar-refractivity contribution in [2.45, 2.75) is 0 Å². The summed E-state index contributed by atoms with van der Waals surface area (Å²) in [5.74, 6) is 0.393. The number of aromatic nitrogens is 1. The van der Waals surface area contributed by atoms with Gasteiger partial charge >= 0.3 is 0 Å². The van der Waals surface area contributed by atoms with Crippen molar-refractivity contribution in [2.75, 3.05) is 50.0 Å². The highest BCUT2D eigenvalue weighted by molar-refractivity contribution is 7.12. The zero-order valence-corrected chi connectivity index (χ0v) is 14.9. The number of thiophene rings is 1. The number of pyridine rings is 1. The Morgan fingerprint density at radius 2 is 2.00 bits per heavy atom. The second-order valence-electron chi connectivity index (χ2n) is 5.90. The number of rotatable bonds is 5. The Hall–Kier alpha value is -2.45. The first-order valence-corrected chi connectivity index (χ1v) is 9.01. The van der Waals surface area contributed by atoms with Crippen molar-refractivity contribution in [3.63, 3.8) is 0 Å². The van der Waals surface area contributed by atoms with Gasteiger partial charge in [0, 0.05) is 26.2 Å². The molecule has 0 atom stereocenters. The van der Waals surface area contributed by atoms with Gasteiger partial charge in [-0.25, -0.2) is 4.98 Å². The van der Waals surface area contributed by atoms with Crippen molar-refractivity contribution in [3.05, 3.63) is 40.7 Å². The molecule has 0 bridgehead atoms. The number of carbonyl (C=O) groups is 2. The average molecular weight is 359 g/mol. The van der Waals surface area contributed by atoms with E-state index in [0.29, 0.717) is 10.6 Å². The van der Waals surface area contributed by atoms with Crippen LogP contribution in [-0.2, 0) is 4.79 Å². The first kappa shape index (κ1) is 17.4. The fourth-order valence-corrected chi connectivity index (χ4v) is 3.18. The van der Waals surface area contributed by atoms with Crippen LogP contribution < -0.4 is 15.5 Å². The van der Waals surface area contributed by atoms with Crippen LogP contribution in [0.25, 0.3) is 0 Å². The molecule has 1 aliphatic rings. The van der Waals surface area contributed by atoms with E-state index >= 15 is 0 Å². The quantitative estimate of drug-likeness (QED) is 0.841. The van der Waals surface area contributed by atoms with E-state index in [2.05, 4.69) is 32.5 Å². The van der Waals surface area contributed by atoms with E-state index in [-0.39, 0.29) is 18.4 Å². The lowest BCUT2D eigenvalue weighted by atomic mass is 10.3. The molecule has 3 heterocycles. The summed E-state index contributed by atoms with van der Waals surface area (Å²) in [5, 5.41) is 7.16. The van der Waals surface area contributed by atoms with Crippen molar-refractivity contribution in [1.82, 2.24) is 15.2 Å². The molecule has 0 aliphatic carbocycles. The molecule has 0 radical (unpaired) electrons. The van der Waals surface area contributed by atoms with Gasteiger partial charge in [0.05, 0.1) is 23.3 Å². The number of hydrogen-bond donors (Lipinski definition) is 2. The van der Waals surface area contributed by atoms with E-state index in [9.17, 15) is 9.59 Å². The molecule has 0 unspecified atom stereocenters. The van der Waals surface area contributed by atoms with E-state index in [1.807, 2.05) is 17.5 Å². The van der Waals surface area contributed by atoms with Crippen molar-refractivity contribution >= 4 is 34.7 Å². The molecule has 25 heavy (non-hydrogen) atoms. The standard InChI is InChI=1S/C17H21N5O2S/c1-21-6-8-22(9-7-21)15-5-4-13(11-18-15)20-16(23)12-19-17(24)14-3-2-10-25-14/h2-5,10-11H,6-9,12H2,1H3,(H,19,24)(H,20,23). The third kappa shape index (κ3) is 4.77. The molecule has 3 rings (SSSR count). The van der Waals surface area contributed by atoms with Crippen LogP contribution in [0.4, 0.5) is 11.5 Å². The highest BCUT2D eigenvalue weighted by atomic mass is 32.1. The van der Waals surface area contributed by atoms with Crippen molar-refractivity contribution in [1.29, 1.82) is 0 Å². The molecular formula is C17H21N5O2S. The fraction of sp³-hybridized carbons (Fsp3) is 0.353. The first-order valence-electron chi connectivity index (χ1n) is 8.13. The van der Waals surface area contributed by atoms with Crippen molar-refractivity contribution < 1.29 is 9.59 Å². The van der Waals surface area contributed by atoms with Crippen LogP contribution in [0.2, 0.25) is 0 Å². The normalized spacial score (nSPS) is 15.0. The summed E-state index contributed by atoms with van der Waals surface area (Å²) in [7, 11) is 2.11. The van der Waals surface area contributed by atoms with E-state index in [1.165, 1.54) is 11.3 Å². The Labute approximate surface area is 150 Å². The van der Waals surface area contributed by atoms with Gasteiger partial charge in [0.15, 0.2) is 0 Å². The largest absolute Gasteiger partial charge is 0.354 e. The van der Waals surface area contributed by atoms with Crippen LogP contribution in [0.5, 0.6) is 0 Å². The SMILES string of the molecule is CN1CCN(c2ccc(NC(=O)CNC(=O)c3cccs3)cn2)CC1. The average Bonchev–Trinajstić information content (AvgIpc) is 3.16. The Balaban J connectivity index is 1.47. The molecule has 0 saturated carbocycles. The maximum atomic E-state index is 11.9. The first-order chi connectivity index (χ1) is 12.1. The van der Waals surface area contributed by atoms with Crippen LogP contribution >= 0.6 is 11.3 Å². The van der Waals surface area contributed by atoms with E-state index in [1.54, 1.807) is 18.3 Å². The van der Waals surface area contributed by atoms with Crippen molar-refractivity contribution in [2.24, 2.45) is 0 Å². The molecular weight excluding hydrogens is 338 g/mol. The molecule has 1 fully saturated rings. The number of likely N-dealkylation sites (N-methyl/N-ethyl adjacent to an activating group) is 1.